The van der Waals surface area contributed by atoms with Crippen LogP contribution in [0.15, 0.2) is 18.2 Å². The molecule has 2 N–H and O–H groups in total. The molecule has 1 aliphatic heterocycles. The lowest BCUT2D eigenvalue weighted by Crippen LogP contribution is -2.44. The van der Waals surface area contributed by atoms with Gasteiger partial charge in [-0.3, -0.25) is 4.79 Å². The number of aromatic nitrogens is 1. The number of hydrogen-bond acceptors (Lipinski definition) is 3. The molecule has 1 saturated heterocycles. The van der Waals surface area contributed by atoms with E-state index in [4.69, 9.17) is 0 Å². The van der Waals surface area contributed by atoms with Gasteiger partial charge in [-0.25, -0.2) is 4.98 Å². The second-order valence-corrected chi connectivity index (χ2v) is 4.04. The molecule has 1 atom stereocenters. The zero-order valence-electron chi connectivity index (χ0n) is 9.42. The monoisotopic (exact) mass is 259 g/mol. The number of anilines is 1. The van der Waals surface area contributed by atoms with E-state index in [9.17, 15) is 18.0 Å². The third-order valence-electron chi connectivity index (χ3n) is 2.65. The summed E-state index contributed by atoms with van der Waals surface area (Å²) in [7, 11) is 0. The van der Waals surface area contributed by atoms with Gasteiger partial charge in [0.25, 0.3) is 0 Å². The lowest BCUT2D eigenvalue weighted by atomic mass is 10.1. The van der Waals surface area contributed by atoms with E-state index in [0.29, 0.717) is 13.0 Å². The number of rotatable bonds is 2. The van der Waals surface area contributed by atoms with E-state index in [2.05, 4.69) is 15.6 Å². The smallest absolute Gasteiger partial charge is 0.358 e. The van der Waals surface area contributed by atoms with Crippen LogP contribution in [-0.4, -0.2) is 23.5 Å². The number of pyridine rings is 1. The van der Waals surface area contributed by atoms with E-state index in [1.807, 2.05) is 0 Å². The molecular formula is C11H12F3N3O. The number of carbonyl (C=O) groups excluding carboxylic acids is 1. The maximum Gasteiger partial charge on any atom is 0.433 e. The molecule has 2 heterocycles. The second-order valence-electron chi connectivity index (χ2n) is 4.04. The van der Waals surface area contributed by atoms with Crippen LogP contribution in [0.5, 0.6) is 0 Å². The highest BCUT2D eigenvalue weighted by Gasteiger charge is 2.32. The van der Waals surface area contributed by atoms with Gasteiger partial charge in [-0.2, -0.15) is 13.2 Å². The van der Waals surface area contributed by atoms with Gasteiger partial charge in [0.2, 0.25) is 5.91 Å². The lowest BCUT2D eigenvalue weighted by molar-refractivity contribution is -0.141. The van der Waals surface area contributed by atoms with Crippen LogP contribution in [0.25, 0.3) is 0 Å². The number of amides is 1. The Hall–Kier alpha value is -1.79. The normalized spacial score (nSPS) is 20.4. The molecule has 18 heavy (non-hydrogen) atoms. The van der Waals surface area contributed by atoms with Crippen LogP contribution in [0, 0.1) is 0 Å². The SMILES string of the molecule is O=C1NCCCC1Nc1cccc(C(F)(F)F)n1. The minimum absolute atomic E-state index is 0.0619. The van der Waals surface area contributed by atoms with Crippen molar-refractivity contribution in [3.8, 4) is 0 Å². The average Bonchev–Trinajstić information content (AvgIpc) is 2.31. The molecule has 0 bridgehead atoms. The van der Waals surface area contributed by atoms with Crippen LogP contribution in [0.3, 0.4) is 0 Å². The molecule has 7 heteroatoms. The van der Waals surface area contributed by atoms with Gasteiger partial charge in [0.1, 0.15) is 17.6 Å². The molecule has 0 aliphatic carbocycles. The fourth-order valence-corrected chi connectivity index (χ4v) is 1.76. The van der Waals surface area contributed by atoms with Gasteiger partial charge in [-0.15, -0.1) is 0 Å². The van der Waals surface area contributed by atoms with Crippen LogP contribution >= 0.6 is 0 Å². The Kier molecular flexibility index (Phi) is 3.40. The fourth-order valence-electron chi connectivity index (χ4n) is 1.76. The van der Waals surface area contributed by atoms with Crippen molar-refractivity contribution >= 4 is 11.7 Å². The number of carbonyl (C=O) groups is 1. The number of piperidine rings is 1. The number of halogens is 3. The predicted octanol–water partition coefficient (Wildman–Crippen LogP) is 1.79. The Bertz CT molecular complexity index is 447. The quantitative estimate of drug-likeness (QED) is 0.851. The Labute approximate surface area is 102 Å². The maximum atomic E-state index is 12.5. The summed E-state index contributed by atoms with van der Waals surface area (Å²) in [5.74, 6) is -0.146. The predicted molar refractivity (Wildman–Crippen MR) is 58.9 cm³/mol. The molecule has 1 amide bonds. The van der Waals surface area contributed by atoms with Crippen molar-refractivity contribution in [2.24, 2.45) is 0 Å². The highest BCUT2D eigenvalue weighted by molar-refractivity contribution is 5.84. The summed E-state index contributed by atoms with van der Waals surface area (Å²) in [6.45, 7) is 0.604. The van der Waals surface area contributed by atoms with Gasteiger partial charge in [0.05, 0.1) is 0 Å². The summed E-state index contributed by atoms with van der Waals surface area (Å²) in [5.41, 5.74) is -0.969. The standard InChI is InChI=1S/C11H12F3N3O/c12-11(13,14)8-4-1-5-9(17-8)16-7-3-2-6-15-10(7)18/h1,4-5,7H,2-3,6H2,(H,15,18)(H,16,17). The van der Waals surface area contributed by atoms with Gasteiger partial charge in [0.15, 0.2) is 0 Å². The molecule has 2 rings (SSSR count). The first kappa shape index (κ1) is 12.7. The van der Waals surface area contributed by atoms with Crippen molar-refractivity contribution < 1.29 is 18.0 Å². The summed E-state index contributed by atoms with van der Waals surface area (Å²) in [4.78, 5) is 14.9. The van der Waals surface area contributed by atoms with Crippen molar-refractivity contribution in [1.29, 1.82) is 0 Å². The van der Waals surface area contributed by atoms with Crippen LogP contribution in [0.2, 0.25) is 0 Å². The highest BCUT2D eigenvalue weighted by Crippen LogP contribution is 2.28. The number of nitrogens with zero attached hydrogens (tertiary/aromatic N) is 1. The summed E-state index contributed by atoms with van der Waals surface area (Å²) >= 11 is 0. The van der Waals surface area contributed by atoms with E-state index < -0.39 is 17.9 Å². The van der Waals surface area contributed by atoms with Gasteiger partial charge in [-0.05, 0) is 25.0 Å². The molecule has 1 aliphatic rings. The summed E-state index contributed by atoms with van der Waals surface area (Å²) in [5, 5.41) is 5.37. The highest BCUT2D eigenvalue weighted by atomic mass is 19.4. The van der Waals surface area contributed by atoms with E-state index in [0.717, 1.165) is 12.5 Å². The molecule has 0 spiro atoms. The Morgan fingerprint density at radius 2 is 2.17 bits per heavy atom. The lowest BCUT2D eigenvalue weighted by Gasteiger charge is -2.23. The number of nitrogens with one attached hydrogen (secondary N) is 2. The van der Waals surface area contributed by atoms with Gasteiger partial charge < -0.3 is 10.6 Å². The van der Waals surface area contributed by atoms with Gasteiger partial charge in [-0.1, -0.05) is 6.07 Å². The zero-order chi connectivity index (χ0) is 13.2. The molecule has 98 valence electrons. The van der Waals surface area contributed by atoms with Crippen molar-refractivity contribution in [2.45, 2.75) is 25.1 Å². The molecule has 0 saturated carbocycles. The van der Waals surface area contributed by atoms with Crippen LogP contribution in [0.4, 0.5) is 19.0 Å². The molecule has 0 radical (unpaired) electrons. The first-order valence-electron chi connectivity index (χ1n) is 5.55. The minimum atomic E-state index is -4.48. The Balaban J connectivity index is 2.12. The van der Waals surface area contributed by atoms with Crippen LogP contribution < -0.4 is 10.6 Å². The average molecular weight is 259 g/mol. The molecule has 1 aromatic rings. The van der Waals surface area contributed by atoms with E-state index in [-0.39, 0.29) is 11.7 Å². The van der Waals surface area contributed by atoms with Crippen LogP contribution in [0.1, 0.15) is 18.5 Å². The molecule has 1 unspecified atom stereocenters. The first-order chi connectivity index (χ1) is 8.47. The van der Waals surface area contributed by atoms with E-state index >= 15 is 0 Å². The minimum Gasteiger partial charge on any atom is -0.358 e. The maximum absolute atomic E-state index is 12.5. The number of alkyl halides is 3. The molecule has 4 nitrogen and oxygen atoms in total. The summed E-state index contributed by atoms with van der Waals surface area (Å²) in [6.07, 6.45) is -3.10. The molecule has 1 fully saturated rings. The molecule has 0 aromatic carbocycles. The summed E-state index contributed by atoms with van der Waals surface area (Å²) in [6, 6.07) is 3.05. The van der Waals surface area contributed by atoms with Crippen molar-refractivity contribution in [3.63, 3.8) is 0 Å². The Morgan fingerprint density at radius 3 is 2.83 bits per heavy atom. The largest absolute Gasteiger partial charge is 0.433 e. The second kappa shape index (κ2) is 4.83. The van der Waals surface area contributed by atoms with Crippen LogP contribution in [-0.2, 0) is 11.0 Å². The third-order valence-corrected chi connectivity index (χ3v) is 2.65. The number of hydrogen-bond donors (Lipinski definition) is 2. The topological polar surface area (TPSA) is 54.0 Å². The van der Waals surface area contributed by atoms with Crippen molar-refractivity contribution in [2.75, 3.05) is 11.9 Å². The Morgan fingerprint density at radius 1 is 1.39 bits per heavy atom. The van der Waals surface area contributed by atoms with Crippen molar-refractivity contribution in [1.82, 2.24) is 10.3 Å². The van der Waals surface area contributed by atoms with Gasteiger partial charge in [0, 0.05) is 6.54 Å². The van der Waals surface area contributed by atoms with Gasteiger partial charge >= 0.3 is 6.18 Å². The fraction of sp³-hybridized carbons (Fsp3) is 0.455. The third kappa shape index (κ3) is 2.91. The molecule has 1 aromatic heterocycles. The first-order valence-corrected chi connectivity index (χ1v) is 5.55. The summed E-state index contributed by atoms with van der Waals surface area (Å²) < 4.78 is 37.4. The molecular weight excluding hydrogens is 247 g/mol. The zero-order valence-corrected chi connectivity index (χ0v) is 9.42. The van der Waals surface area contributed by atoms with E-state index in [1.54, 1.807) is 0 Å². The van der Waals surface area contributed by atoms with E-state index in [1.165, 1.54) is 12.1 Å². The van der Waals surface area contributed by atoms with Crippen molar-refractivity contribution in [3.05, 3.63) is 23.9 Å².